The molecule has 0 saturated heterocycles. The van der Waals surface area contributed by atoms with Crippen LogP contribution in [0.5, 0.6) is 11.5 Å². The first kappa shape index (κ1) is 15.4. The Labute approximate surface area is 125 Å². The molecule has 0 amide bonds. The van der Waals surface area contributed by atoms with Gasteiger partial charge in [0.15, 0.2) is 0 Å². The highest BCUT2D eigenvalue weighted by molar-refractivity contribution is 5.97. The molecule has 1 atom stereocenters. The minimum Gasteiger partial charge on any atom is -0.508 e. The molecular formula is C17H22O4. The van der Waals surface area contributed by atoms with Crippen LogP contribution in [-0.4, -0.2) is 24.3 Å². The third-order valence-electron chi connectivity index (χ3n) is 3.63. The summed E-state index contributed by atoms with van der Waals surface area (Å²) < 4.78 is 10.7. The predicted octanol–water partition coefficient (Wildman–Crippen LogP) is 3.92. The van der Waals surface area contributed by atoms with Crippen molar-refractivity contribution < 1.29 is 19.4 Å². The summed E-state index contributed by atoms with van der Waals surface area (Å²) in [5.74, 6) is 0.00618. The van der Waals surface area contributed by atoms with Crippen LogP contribution in [0.25, 0.3) is 6.08 Å². The molecule has 1 aliphatic heterocycles. The van der Waals surface area contributed by atoms with Gasteiger partial charge in [0.1, 0.15) is 17.1 Å². The van der Waals surface area contributed by atoms with Crippen molar-refractivity contribution in [3.05, 3.63) is 29.3 Å². The lowest BCUT2D eigenvalue weighted by Gasteiger charge is -2.17. The highest BCUT2D eigenvalue weighted by atomic mass is 16.5. The van der Waals surface area contributed by atoms with Gasteiger partial charge in [0.05, 0.1) is 13.2 Å². The van der Waals surface area contributed by atoms with Crippen LogP contribution < -0.4 is 4.74 Å². The second-order valence-corrected chi connectivity index (χ2v) is 5.37. The Bertz CT molecular complexity index is 534. The number of carbonyl (C=O) groups is 1. The largest absolute Gasteiger partial charge is 0.508 e. The molecule has 0 bridgehead atoms. The average Bonchev–Trinajstić information content (AvgIpc) is 2.44. The van der Waals surface area contributed by atoms with Gasteiger partial charge in [-0.3, -0.25) is 0 Å². The van der Waals surface area contributed by atoms with E-state index in [0.717, 1.165) is 32.1 Å². The molecule has 0 aliphatic carbocycles. The number of esters is 1. The molecule has 2 rings (SSSR count). The average molecular weight is 290 g/mol. The van der Waals surface area contributed by atoms with Crippen molar-refractivity contribution in [3.63, 3.8) is 0 Å². The lowest BCUT2D eigenvalue weighted by atomic mass is 10.0. The minimum absolute atomic E-state index is 0.0724. The van der Waals surface area contributed by atoms with Crippen LogP contribution in [-0.2, 0) is 4.74 Å². The molecule has 1 aliphatic rings. The molecule has 0 fully saturated rings. The number of fused-ring (bicyclic) bond motifs is 1. The van der Waals surface area contributed by atoms with Gasteiger partial charge in [-0.1, -0.05) is 18.6 Å². The molecule has 1 N–H and O–H groups in total. The topological polar surface area (TPSA) is 55.8 Å². The third-order valence-corrected chi connectivity index (χ3v) is 3.63. The summed E-state index contributed by atoms with van der Waals surface area (Å²) in [4.78, 5) is 12.4. The van der Waals surface area contributed by atoms with Gasteiger partial charge in [-0.25, -0.2) is 4.79 Å². The van der Waals surface area contributed by atoms with E-state index < -0.39 is 5.97 Å². The third kappa shape index (κ3) is 4.00. The van der Waals surface area contributed by atoms with E-state index in [2.05, 4.69) is 0 Å². The Balaban J connectivity index is 2.44. The van der Waals surface area contributed by atoms with E-state index in [1.54, 1.807) is 6.07 Å². The normalized spacial score (nSPS) is 19.9. The quantitative estimate of drug-likeness (QED) is 0.796. The van der Waals surface area contributed by atoms with Gasteiger partial charge in [0, 0.05) is 6.07 Å². The van der Waals surface area contributed by atoms with E-state index in [1.165, 1.54) is 13.2 Å². The predicted molar refractivity (Wildman–Crippen MR) is 81.7 cm³/mol. The van der Waals surface area contributed by atoms with E-state index >= 15 is 0 Å². The van der Waals surface area contributed by atoms with E-state index in [-0.39, 0.29) is 11.9 Å². The van der Waals surface area contributed by atoms with Crippen LogP contribution in [0, 0.1) is 0 Å². The van der Waals surface area contributed by atoms with E-state index in [1.807, 2.05) is 19.1 Å². The van der Waals surface area contributed by atoms with E-state index in [9.17, 15) is 9.90 Å². The van der Waals surface area contributed by atoms with Crippen LogP contribution in [0.1, 0.15) is 54.9 Å². The fourth-order valence-electron chi connectivity index (χ4n) is 2.51. The lowest BCUT2D eigenvalue weighted by molar-refractivity contribution is 0.0315. The van der Waals surface area contributed by atoms with Crippen LogP contribution in [0.3, 0.4) is 0 Å². The summed E-state index contributed by atoms with van der Waals surface area (Å²) in [5, 5.41) is 9.76. The molecule has 1 heterocycles. The number of hydrogen-bond donors (Lipinski definition) is 1. The van der Waals surface area contributed by atoms with Crippen LogP contribution in [0.15, 0.2) is 18.2 Å². The van der Waals surface area contributed by atoms with Crippen molar-refractivity contribution in [2.45, 2.75) is 45.1 Å². The highest BCUT2D eigenvalue weighted by Gasteiger charge is 2.21. The number of methoxy groups -OCH3 is 1. The smallest absolute Gasteiger partial charge is 0.342 e. The number of benzene rings is 1. The first-order valence-corrected chi connectivity index (χ1v) is 7.40. The molecule has 1 aromatic rings. The number of ether oxygens (including phenoxy) is 2. The fourth-order valence-corrected chi connectivity index (χ4v) is 2.51. The Hall–Kier alpha value is -1.97. The molecule has 0 unspecified atom stereocenters. The maximum Gasteiger partial charge on any atom is 0.342 e. The summed E-state index contributed by atoms with van der Waals surface area (Å²) in [7, 11) is 1.48. The van der Waals surface area contributed by atoms with Gasteiger partial charge >= 0.3 is 5.97 Å². The fraction of sp³-hybridized carbons (Fsp3) is 0.471. The van der Waals surface area contributed by atoms with Gasteiger partial charge in [-0.15, -0.1) is 0 Å². The molecule has 0 aromatic heterocycles. The minimum atomic E-state index is -0.403. The molecule has 0 radical (unpaired) electrons. The lowest BCUT2D eigenvalue weighted by Crippen LogP contribution is -2.17. The summed E-state index contributed by atoms with van der Waals surface area (Å²) in [5.41, 5.74) is 1.00. The first-order valence-electron chi connectivity index (χ1n) is 7.40. The van der Waals surface area contributed by atoms with Gasteiger partial charge in [-0.2, -0.15) is 0 Å². The van der Waals surface area contributed by atoms with Crippen molar-refractivity contribution in [3.8, 4) is 11.5 Å². The van der Waals surface area contributed by atoms with Crippen LogP contribution in [0.2, 0.25) is 0 Å². The zero-order valence-corrected chi connectivity index (χ0v) is 12.6. The Kier molecular flexibility index (Phi) is 5.26. The molecule has 21 heavy (non-hydrogen) atoms. The molecule has 4 nitrogen and oxygen atoms in total. The van der Waals surface area contributed by atoms with Crippen LogP contribution >= 0.6 is 0 Å². The zero-order valence-electron chi connectivity index (χ0n) is 12.6. The molecule has 4 heteroatoms. The number of aromatic hydroxyl groups is 1. The Morgan fingerprint density at radius 2 is 2.10 bits per heavy atom. The SMILES string of the molecule is COc1cc(O)cc2c1C(=O)O[C@H](C)CCCCCC=C2. The van der Waals surface area contributed by atoms with Gasteiger partial charge in [0.2, 0.25) is 0 Å². The maximum absolute atomic E-state index is 12.4. The van der Waals surface area contributed by atoms with Crippen molar-refractivity contribution in [2.24, 2.45) is 0 Å². The monoisotopic (exact) mass is 290 g/mol. The molecule has 0 spiro atoms. The van der Waals surface area contributed by atoms with Gasteiger partial charge < -0.3 is 14.6 Å². The number of allylic oxidation sites excluding steroid dienone is 1. The maximum atomic E-state index is 12.4. The summed E-state index contributed by atoms with van der Waals surface area (Å²) in [6, 6.07) is 3.00. The van der Waals surface area contributed by atoms with Crippen molar-refractivity contribution in [1.82, 2.24) is 0 Å². The number of carbonyl (C=O) groups excluding carboxylic acids is 1. The Morgan fingerprint density at radius 3 is 2.86 bits per heavy atom. The highest BCUT2D eigenvalue weighted by Crippen LogP contribution is 2.30. The number of phenols is 1. The number of rotatable bonds is 1. The second kappa shape index (κ2) is 7.16. The number of phenolic OH excluding ortho intramolecular Hbond substituents is 1. The number of hydrogen-bond acceptors (Lipinski definition) is 4. The standard InChI is InChI=1S/C17H22O4/c1-12-8-6-4-3-5-7-9-13-10-14(18)11-15(20-2)16(13)17(19)21-12/h7,9-12,18H,3-6,8H2,1-2H3/t12-/m1/s1. The summed E-state index contributed by atoms with van der Waals surface area (Å²) >= 11 is 0. The first-order chi connectivity index (χ1) is 10.1. The van der Waals surface area contributed by atoms with Crippen molar-refractivity contribution in [1.29, 1.82) is 0 Å². The summed E-state index contributed by atoms with van der Waals surface area (Å²) in [6.07, 6.45) is 8.88. The van der Waals surface area contributed by atoms with Crippen LogP contribution in [0.4, 0.5) is 0 Å². The molecule has 0 saturated carbocycles. The zero-order chi connectivity index (χ0) is 15.2. The van der Waals surface area contributed by atoms with Crippen molar-refractivity contribution in [2.75, 3.05) is 7.11 Å². The van der Waals surface area contributed by atoms with Gasteiger partial charge in [0.25, 0.3) is 0 Å². The van der Waals surface area contributed by atoms with E-state index in [4.69, 9.17) is 9.47 Å². The second-order valence-electron chi connectivity index (χ2n) is 5.37. The van der Waals surface area contributed by atoms with Crippen molar-refractivity contribution >= 4 is 12.0 Å². The molecular weight excluding hydrogens is 268 g/mol. The summed E-state index contributed by atoms with van der Waals surface area (Å²) in [6.45, 7) is 1.91. The number of cyclic esters (lactones) is 1. The van der Waals surface area contributed by atoms with Gasteiger partial charge in [-0.05, 0) is 44.2 Å². The molecule has 114 valence electrons. The molecule has 1 aromatic carbocycles. The van der Waals surface area contributed by atoms with E-state index in [0.29, 0.717) is 16.9 Å². The Morgan fingerprint density at radius 1 is 1.29 bits per heavy atom.